The number of hydrogen-bond donors (Lipinski definition) is 1. The fourth-order valence-electron chi connectivity index (χ4n) is 2.87. The first-order chi connectivity index (χ1) is 12.1. The summed E-state index contributed by atoms with van der Waals surface area (Å²) in [4.78, 5) is 22.9. The predicted molar refractivity (Wildman–Crippen MR) is 96.8 cm³/mol. The van der Waals surface area contributed by atoms with Crippen molar-refractivity contribution in [3.8, 4) is 5.75 Å². The summed E-state index contributed by atoms with van der Waals surface area (Å²) < 4.78 is 5.92. The predicted octanol–water partition coefficient (Wildman–Crippen LogP) is 2.98. The molecule has 1 fully saturated rings. The van der Waals surface area contributed by atoms with Crippen LogP contribution in [0.3, 0.4) is 0 Å². The van der Waals surface area contributed by atoms with Crippen molar-refractivity contribution in [2.24, 2.45) is 0 Å². The molecule has 6 heteroatoms. The summed E-state index contributed by atoms with van der Waals surface area (Å²) in [6.07, 6.45) is 6.86. The first-order valence-corrected chi connectivity index (χ1v) is 8.70. The number of aromatic nitrogens is 2. The lowest BCUT2D eigenvalue weighted by Crippen LogP contribution is -2.41. The molecule has 1 aliphatic rings. The molecule has 0 atom stereocenters. The summed E-state index contributed by atoms with van der Waals surface area (Å²) >= 11 is 0. The second-order valence-corrected chi connectivity index (χ2v) is 6.53. The van der Waals surface area contributed by atoms with Gasteiger partial charge in [-0.1, -0.05) is 0 Å². The molecule has 3 heterocycles. The molecule has 0 aromatic carbocycles. The first kappa shape index (κ1) is 17.2. The van der Waals surface area contributed by atoms with Crippen molar-refractivity contribution in [1.29, 1.82) is 0 Å². The fourth-order valence-corrected chi connectivity index (χ4v) is 2.87. The highest BCUT2D eigenvalue weighted by molar-refractivity contribution is 5.94. The zero-order valence-electron chi connectivity index (χ0n) is 14.7. The van der Waals surface area contributed by atoms with Gasteiger partial charge in [-0.2, -0.15) is 0 Å². The molecule has 2 aromatic rings. The third kappa shape index (κ3) is 4.68. The summed E-state index contributed by atoms with van der Waals surface area (Å²) in [6, 6.07) is 7.76. The maximum atomic E-state index is 12.6. The number of nitrogens with one attached hydrogen (secondary N) is 1. The minimum Gasteiger partial charge on any atom is -0.489 e. The molecule has 1 aliphatic heterocycles. The second-order valence-electron chi connectivity index (χ2n) is 6.53. The van der Waals surface area contributed by atoms with Gasteiger partial charge in [0.15, 0.2) is 0 Å². The number of amides is 1. The lowest BCUT2D eigenvalue weighted by molar-refractivity contribution is 0.0594. The summed E-state index contributed by atoms with van der Waals surface area (Å²) in [5, 5.41) is 3.22. The quantitative estimate of drug-likeness (QED) is 0.906. The zero-order valence-corrected chi connectivity index (χ0v) is 14.7. The summed E-state index contributed by atoms with van der Waals surface area (Å²) in [6.45, 7) is 5.49. The molecule has 1 amide bonds. The van der Waals surface area contributed by atoms with Crippen molar-refractivity contribution in [2.75, 3.05) is 18.4 Å². The van der Waals surface area contributed by atoms with E-state index in [-0.39, 0.29) is 12.0 Å². The van der Waals surface area contributed by atoms with Gasteiger partial charge in [-0.25, -0.2) is 4.98 Å². The van der Waals surface area contributed by atoms with Crippen molar-refractivity contribution < 1.29 is 9.53 Å². The molecule has 0 unspecified atom stereocenters. The van der Waals surface area contributed by atoms with Crippen LogP contribution in [-0.2, 0) is 0 Å². The van der Waals surface area contributed by atoms with E-state index in [0.29, 0.717) is 24.7 Å². The van der Waals surface area contributed by atoms with Crippen LogP contribution < -0.4 is 10.1 Å². The van der Waals surface area contributed by atoms with Crippen molar-refractivity contribution in [3.63, 3.8) is 0 Å². The topological polar surface area (TPSA) is 67.4 Å². The van der Waals surface area contributed by atoms with E-state index in [1.165, 1.54) is 0 Å². The molecule has 0 radical (unpaired) electrons. The van der Waals surface area contributed by atoms with Gasteiger partial charge in [-0.3, -0.25) is 9.78 Å². The molecule has 132 valence electrons. The van der Waals surface area contributed by atoms with Gasteiger partial charge in [0, 0.05) is 44.4 Å². The Bertz CT molecular complexity index is 680. The number of hydrogen-bond acceptors (Lipinski definition) is 5. The summed E-state index contributed by atoms with van der Waals surface area (Å²) in [7, 11) is 0. The number of rotatable bonds is 5. The minimum atomic E-state index is 0.0309. The third-order valence-electron chi connectivity index (χ3n) is 4.11. The Morgan fingerprint density at radius 3 is 2.64 bits per heavy atom. The Morgan fingerprint density at radius 1 is 1.24 bits per heavy atom. The van der Waals surface area contributed by atoms with Crippen LogP contribution in [0.2, 0.25) is 0 Å². The lowest BCUT2D eigenvalue weighted by atomic mass is 10.1. The second kappa shape index (κ2) is 7.96. The van der Waals surface area contributed by atoms with Crippen molar-refractivity contribution >= 4 is 11.7 Å². The van der Waals surface area contributed by atoms with Gasteiger partial charge in [0.2, 0.25) is 0 Å². The van der Waals surface area contributed by atoms with Crippen LogP contribution in [0, 0.1) is 0 Å². The van der Waals surface area contributed by atoms with Crippen molar-refractivity contribution in [2.45, 2.75) is 38.8 Å². The maximum absolute atomic E-state index is 12.6. The molecular weight excluding hydrogens is 316 g/mol. The van der Waals surface area contributed by atoms with Gasteiger partial charge in [0.25, 0.3) is 5.91 Å². The number of nitrogens with zero attached hydrogens (tertiary/aromatic N) is 3. The van der Waals surface area contributed by atoms with Gasteiger partial charge in [0.05, 0.1) is 11.8 Å². The van der Waals surface area contributed by atoms with E-state index in [0.717, 1.165) is 24.4 Å². The molecule has 6 nitrogen and oxygen atoms in total. The van der Waals surface area contributed by atoms with Crippen LogP contribution in [0.4, 0.5) is 5.82 Å². The largest absolute Gasteiger partial charge is 0.489 e. The van der Waals surface area contributed by atoms with E-state index in [1.54, 1.807) is 18.6 Å². The molecule has 3 rings (SSSR count). The number of carbonyl (C=O) groups is 1. The highest BCUT2D eigenvalue weighted by Crippen LogP contribution is 2.19. The zero-order chi connectivity index (χ0) is 17.6. The molecule has 2 aromatic heterocycles. The molecule has 0 spiro atoms. The van der Waals surface area contributed by atoms with E-state index in [4.69, 9.17) is 4.74 Å². The van der Waals surface area contributed by atoms with Crippen molar-refractivity contribution in [3.05, 3.63) is 48.4 Å². The van der Waals surface area contributed by atoms with E-state index in [9.17, 15) is 4.79 Å². The van der Waals surface area contributed by atoms with Gasteiger partial charge < -0.3 is 15.0 Å². The Hall–Kier alpha value is -2.63. The standard InChI is InChI=1S/C19H24N4O2/c1-14(2)22-18-6-5-15(12-21-18)19(24)23-10-7-16(8-11-23)25-17-4-3-9-20-13-17/h3-6,9,12-14,16H,7-8,10-11H2,1-2H3,(H,21,22). The molecule has 1 saturated heterocycles. The van der Waals surface area contributed by atoms with E-state index in [1.807, 2.05) is 29.2 Å². The third-order valence-corrected chi connectivity index (χ3v) is 4.11. The van der Waals surface area contributed by atoms with E-state index in [2.05, 4.69) is 29.1 Å². The highest BCUT2D eigenvalue weighted by Gasteiger charge is 2.25. The molecule has 0 bridgehead atoms. The average Bonchev–Trinajstić information content (AvgIpc) is 2.63. The molecule has 0 saturated carbocycles. The Labute approximate surface area is 148 Å². The number of piperidine rings is 1. The number of pyridine rings is 2. The van der Waals surface area contributed by atoms with Crippen LogP contribution >= 0.6 is 0 Å². The van der Waals surface area contributed by atoms with Gasteiger partial charge in [0.1, 0.15) is 17.7 Å². The van der Waals surface area contributed by atoms with Gasteiger partial charge >= 0.3 is 0 Å². The summed E-state index contributed by atoms with van der Waals surface area (Å²) in [5.74, 6) is 1.60. The maximum Gasteiger partial charge on any atom is 0.255 e. The highest BCUT2D eigenvalue weighted by atomic mass is 16.5. The molecule has 1 N–H and O–H groups in total. The number of likely N-dealkylation sites (tertiary alicyclic amines) is 1. The average molecular weight is 340 g/mol. The van der Waals surface area contributed by atoms with E-state index >= 15 is 0 Å². The molecule has 0 aliphatic carbocycles. The van der Waals surface area contributed by atoms with Gasteiger partial charge in [-0.05, 0) is 38.1 Å². The Balaban J connectivity index is 1.52. The summed E-state index contributed by atoms with van der Waals surface area (Å²) in [5.41, 5.74) is 0.626. The van der Waals surface area contributed by atoms with E-state index < -0.39 is 0 Å². The minimum absolute atomic E-state index is 0.0309. The van der Waals surface area contributed by atoms with Crippen LogP contribution in [0.15, 0.2) is 42.9 Å². The fraction of sp³-hybridized carbons (Fsp3) is 0.421. The molecule has 25 heavy (non-hydrogen) atoms. The first-order valence-electron chi connectivity index (χ1n) is 8.70. The SMILES string of the molecule is CC(C)Nc1ccc(C(=O)N2CCC(Oc3cccnc3)CC2)cn1. The molecular formula is C19H24N4O2. The van der Waals surface area contributed by atoms with Crippen LogP contribution in [-0.4, -0.2) is 46.0 Å². The lowest BCUT2D eigenvalue weighted by Gasteiger charge is -2.32. The Morgan fingerprint density at radius 2 is 2.04 bits per heavy atom. The number of ether oxygens (including phenoxy) is 1. The monoisotopic (exact) mass is 340 g/mol. The smallest absolute Gasteiger partial charge is 0.255 e. The van der Waals surface area contributed by atoms with Gasteiger partial charge in [-0.15, -0.1) is 0 Å². The van der Waals surface area contributed by atoms with Crippen LogP contribution in [0.5, 0.6) is 5.75 Å². The van der Waals surface area contributed by atoms with Crippen LogP contribution in [0.25, 0.3) is 0 Å². The van der Waals surface area contributed by atoms with Crippen LogP contribution in [0.1, 0.15) is 37.0 Å². The number of carbonyl (C=O) groups excluding carboxylic acids is 1. The Kier molecular flexibility index (Phi) is 5.48. The normalized spacial score (nSPS) is 15.2. The number of anilines is 1. The van der Waals surface area contributed by atoms with Crippen molar-refractivity contribution in [1.82, 2.24) is 14.9 Å².